The van der Waals surface area contributed by atoms with Crippen molar-refractivity contribution in [3.05, 3.63) is 27.1 Å². The fraction of sp³-hybridized carbons (Fsp3) is 0.417. The molecule has 2 rings (SSSR count). The smallest absolute Gasteiger partial charge is 0.274 e. The third kappa shape index (κ3) is 2.69. The van der Waals surface area contributed by atoms with Crippen LogP contribution < -0.4 is 10.9 Å². The number of anilines is 1. The summed E-state index contributed by atoms with van der Waals surface area (Å²) < 4.78 is 2.16. The van der Waals surface area contributed by atoms with Gasteiger partial charge in [-0.25, -0.2) is 0 Å². The Hall–Kier alpha value is -1.43. The molecular formula is C12H13BrN2O3. The second-order valence-electron chi connectivity index (χ2n) is 4.41. The Morgan fingerprint density at radius 1 is 1.56 bits per heavy atom. The zero-order chi connectivity index (χ0) is 13.3. The maximum atomic E-state index is 12.1. The van der Waals surface area contributed by atoms with Gasteiger partial charge in [-0.05, 0) is 28.4 Å². The van der Waals surface area contributed by atoms with Crippen LogP contribution >= 0.6 is 15.9 Å². The van der Waals surface area contributed by atoms with E-state index in [-0.39, 0.29) is 28.9 Å². The number of rotatable bonds is 3. The highest BCUT2D eigenvalue weighted by atomic mass is 79.9. The first-order valence-corrected chi connectivity index (χ1v) is 6.47. The first kappa shape index (κ1) is 13.0. The Morgan fingerprint density at radius 2 is 2.28 bits per heavy atom. The lowest BCUT2D eigenvalue weighted by Gasteiger charge is -2.24. The van der Waals surface area contributed by atoms with Crippen LogP contribution in [0.2, 0.25) is 0 Å². The molecule has 1 aromatic rings. The number of aromatic nitrogens is 1. The Bertz CT molecular complexity index is 565. The average Bonchev–Trinajstić information content (AvgIpc) is 2.28. The van der Waals surface area contributed by atoms with Gasteiger partial charge in [-0.2, -0.15) is 0 Å². The highest BCUT2D eigenvalue weighted by molar-refractivity contribution is 9.10. The van der Waals surface area contributed by atoms with Gasteiger partial charge in [0.25, 0.3) is 5.56 Å². The molecule has 1 heterocycles. The minimum Gasteiger partial charge on any atom is -0.322 e. The van der Waals surface area contributed by atoms with E-state index in [1.807, 2.05) is 0 Å². The maximum Gasteiger partial charge on any atom is 0.274 e. The summed E-state index contributed by atoms with van der Waals surface area (Å²) in [6.07, 6.45) is 3.07. The molecule has 0 bridgehead atoms. The molecule has 1 N–H and O–H groups in total. The molecule has 0 saturated heterocycles. The van der Waals surface area contributed by atoms with Crippen molar-refractivity contribution in [2.75, 3.05) is 5.32 Å². The van der Waals surface area contributed by atoms with Gasteiger partial charge >= 0.3 is 0 Å². The molecule has 0 spiro atoms. The predicted molar refractivity (Wildman–Crippen MR) is 70.4 cm³/mol. The third-order valence-corrected chi connectivity index (χ3v) is 3.41. The van der Waals surface area contributed by atoms with Crippen LogP contribution in [-0.2, 0) is 16.1 Å². The first-order valence-electron chi connectivity index (χ1n) is 5.67. The second kappa shape index (κ2) is 5.06. The molecule has 1 aliphatic rings. The quantitative estimate of drug-likeness (QED) is 0.920. The molecule has 1 amide bonds. The van der Waals surface area contributed by atoms with Crippen molar-refractivity contribution in [1.29, 1.82) is 0 Å². The molecule has 5 nitrogen and oxygen atoms in total. The van der Waals surface area contributed by atoms with Crippen molar-refractivity contribution < 1.29 is 9.59 Å². The molecule has 6 heteroatoms. The van der Waals surface area contributed by atoms with Crippen molar-refractivity contribution in [3.63, 3.8) is 0 Å². The summed E-state index contributed by atoms with van der Waals surface area (Å²) in [4.78, 5) is 34.4. The standard InChI is InChI=1S/C12H13BrN2O3/c1-7(16)14-10-4-9(13)6-15(12(10)18)5-8-2-3-11(8)17/h4,6,8H,2-3,5H2,1H3,(H,14,16). The van der Waals surface area contributed by atoms with E-state index < -0.39 is 0 Å². The van der Waals surface area contributed by atoms with Crippen LogP contribution in [0.5, 0.6) is 0 Å². The zero-order valence-corrected chi connectivity index (χ0v) is 11.5. The Morgan fingerprint density at radius 3 is 2.78 bits per heavy atom. The molecule has 1 saturated carbocycles. The van der Waals surface area contributed by atoms with E-state index in [1.165, 1.54) is 11.5 Å². The molecule has 1 aliphatic carbocycles. The molecule has 1 unspecified atom stereocenters. The number of Topliss-reactive ketones (excluding diaryl/α,β-unsaturated/α-hetero) is 1. The zero-order valence-electron chi connectivity index (χ0n) is 9.90. The van der Waals surface area contributed by atoms with Crippen molar-refractivity contribution >= 4 is 33.3 Å². The lowest BCUT2D eigenvalue weighted by molar-refractivity contribution is -0.129. The topological polar surface area (TPSA) is 68.2 Å². The number of ketones is 1. The largest absolute Gasteiger partial charge is 0.322 e. The Labute approximate surface area is 112 Å². The summed E-state index contributed by atoms with van der Waals surface area (Å²) in [7, 11) is 0. The summed E-state index contributed by atoms with van der Waals surface area (Å²) in [5.74, 6) is -0.165. The van der Waals surface area contributed by atoms with Gasteiger partial charge in [0.2, 0.25) is 5.91 Å². The number of nitrogens with zero attached hydrogens (tertiary/aromatic N) is 1. The van der Waals surface area contributed by atoms with Gasteiger partial charge in [0.15, 0.2) is 0 Å². The average molecular weight is 313 g/mol. The molecule has 0 aromatic carbocycles. The molecule has 1 atom stereocenters. The van der Waals surface area contributed by atoms with Gasteiger partial charge in [0.05, 0.1) is 0 Å². The fourth-order valence-corrected chi connectivity index (χ4v) is 2.39. The van der Waals surface area contributed by atoms with E-state index in [9.17, 15) is 14.4 Å². The summed E-state index contributed by atoms with van der Waals surface area (Å²) >= 11 is 3.29. The molecule has 1 aromatic heterocycles. The lowest BCUT2D eigenvalue weighted by atomic mass is 9.84. The van der Waals surface area contributed by atoms with Gasteiger partial charge in [-0.3, -0.25) is 14.4 Å². The van der Waals surface area contributed by atoms with Gasteiger partial charge in [-0.1, -0.05) is 0 Å². The molecule has 96 valence electrons. The third-order valence-electron chi connectivity index (χ3n) is 2.97. The van der Waals surface area contributed by atoms with Crippen LogP contribution in [0.4, 0.5) is 5.69 Å². The van der Waals surface area contributed by atoms with Crippen LogP contribution in [0.25, 0.3) is 0 Å². The number of carbonyl (C=O) groups is 2. The SMILES string of the molecule is CC(=O)Nc1cc(Br)cn(CC2CCC2=O)c1=O. The van der Waals surface area contributed by atoms with Crippen molar-refractivity contribution in [1.82, 2.24) is 4.57 Å². The van der Waals surface area contributed by atoms with Crippen molar-refractivity contribution in [2.45, 2.75) is 26.3 Å². The first-order chi connectivity index (χ1) is 8.47. The minimum atomic E-state index is -0.295. The van der Waals surface area contributed by atoms with E-state index in [0.717, 1.165) is 6.42 Å². The van der Waals surface area contributed by atoms with Gasteiger partial charge in [0, 0.05) is 36.5 Å². The van der Waals surface area contributed by atoms with Crippen LogP contribution in [0.3, 0.4) is 0 Å². The molecule has 0 aliphatic heterocycles. The minimum absolute atomic E-state index is 0.0674. The summed E-state index contributed by atoms with van der Waals surface area (Å²) in [6, 6.07) is 1.56. The van der Waals surface area contributed by atoms with Crippen molar-refractivity contribution in [3.8, 4) is 0 Å². The van der Waals surface area contributed by atoms with Gasteiger partial charge in [-0.15, -0.1) is 0 Å². The van der Waals surface area contributed by atoms with E-state index in [2.05, 4.69) is 21.2 Å². The number of hydrogen-bond donors (Lipinski definition) is 1. The summed E-state index contributed by atoms with van der Waals surface area (Å²) in [5, 5.41) is 2.49. The van der Waals surface area contributed by atoms with Gasteiger partial charge in [0.1, 0.15) is 11.5 Å². The second-order valence-corrected chi connectivity index (χ2v) is 5.33. The Kier molecular flexibility index (Phi) is 3.65. The number of amides is 1. The van der Waals surface area contributed by atoms with Crippen LogP contribution in [0.15, 0.2) is 21.5 Å². The normalized spacial score (nSPS) is 18.3. The predicted octanol–water partition coefficient (Wildman–Crippen LogP) is 1.55. The number of halogens is 1. The molecule has 18 heavy (non-hydrogen) atoms. The molecule has 0 radical (unpaired) electrons. The van der Waals surface area contributed by atoms with Crippen LogP contribution in [-0.4, -0.2) is 16.3 Å². The number of carbonyl (C=O) groups excluding carboxylic acids is 2. The maximum absolute atomic E-state index is 12.1. The highest BCUT2D eigenvalue weighted by Gasteiger charge is 2.28. The highest BCUT2D eigenvalue weighted by Crippen LogP contribution is 2.24. The van der Waals surface area contributed by atoms with Crippen LogP contribution in [0.1, 0.15) is 19.8 Å². The van der Waals surface area contributed by atoms with E-state index in [4.69, 9.17) is 0 Å². The molecular weight excluding hydrogens is 300 g/mol. The van der Waals surface area contributed by atoms with Gasteiger partial charge < -0.3 is 9.88 Å². The molecule has 1 fully saturated rings. The number of hydrogen-bond acceptors (Lipinski definition) is 3. The number of nitrogens with one attached hydrogen (secondary N) is 1. The summed E-state index contributed by atoms with van der Waals surface area (Å²) in [6.45, 7) is 1.73. The monoisotopic (exact) mass is 312 g/mol. The van der Waals surface area contributed by atoms with E-state index in [0.29, 0.717) is 17.4 Å². The Balaban J connectivity index is 2.29. The van der Waals surface area contributed by atoms with E-state index in [1.54, 1.807) is 12.3 Å². The summed E-state index contributed by atoms with van der Waals surface area (Å²) in [5.41, 5.74) is -0.0586. The number of pyridine rings is 1. The van der Waals surface area contributed by atoms with Crippen molar-refractivity contribution in [2.24, 2.45) is 5.92 Å². The van der Waals surface area contributed by atoms with Crippen LogP contribution in [0, 0.1) is 5.92 Å². The lowest BCUT2D eigenvalue weighted by Crippen LogP contribution is -2.34. The van der Waals surface area contributed by atoms with E-state index >= 15 is 0 Å². The fourth-order valence-electron chi connectivity index (χ4n) is 1.91.